The van der Waals surface area contributed by atoms with Crippen LogP contribution in [0.5, 0.6) is 0 Å². The zero-order valence-corrected chi connectivity index (χ0v) is 17.9. The lowest BCUT2D eigenvalue weighted by atomic mass is 10.2. The molecule has 2 aliphatic heterocycles. The highest BCUT2D eigenvalue weighted by molar-refractivity contribution is 6.01. The van der Waals surface area contributed by atoms with Crippen LogP contribution >= 0.6 is 0 Å². The second kappa shape index (κ2) is 8.13. The van der Waals surface area contributed by atoms with E-state index in [-0.39, 0.29) is 5.56 Å². The lowest BCUT2D eigenvalue weighted by Gasteiger charge is -2.36. The predicted octanol–water partition coefficient (Wildman–Crippen LogP) is 2.66. The lowest BCUT2D eigenvalue weighted by Crippen LogP contribution is -2.49. The normalized spacial score (nSPS) is 24.3. The molecule has 2 saturated heterocycles. The molecule has 0 saturated carbocycles. The maximum Gasteiger partial charge on any atom is 0.294 e. The van der Waals surface area contributed by atoms with Crippen molar-refractivity contribution in [3.63, 3.8) is 0 Å². The lowest BCUT2D eigenvalue weighted by molar-refractivity contribution is 0.104. The van der Waals surface area contributed by atoms with Crippen LogP contribution in [0.3, 0.4) is 0 Å². The molecule has 2 atom stereocenters. The smallest absolute Gasteiger partial charge is 0.294 e. The quantitative estimate of drug-likeness (QED) is 0.699. The summed E-state index contributed by atoms with van der Waals surface area (Å²) in [6.45, 7) is 11.8. The van der Waals surface area contributed by atoms with Gasteiger partial charge in [-0.1, -0.05) is 12.1 Å². The van der Waals surface area contributed by atoms with Gasteiger partial charge in [-0.15, -0.1) is 0 Å². The third-order valence-corrected chi connectivity index (χ3v) is 6.93. The average Bonchev–Trinajstić information content (AvgIpc) is 3.28. The Bertz CT molecular complexity index is 1070. The Morgan fingerprint density at radius 3 is 2.50 bits per heavy atom. The molecule has 2 fully saturated rings. The first-order valence-corrected chi connectivity index (χ1v) is 11.2. The van der Waals surface area contributed by atoms with Gasteiger partial charge in [-0.3, -0.25) is 19.5 Å². The van der Waals surface area contributed by atoms with Gasteiger partial charge in [0.05, 0.1) is 6.54 Å². The fourth-order valence-corrected chi connectivity index (χ4v) is 5.05. The number of hydrogen-bond acceptors (Lipinski definition) is 6. The number of H-pyrrole nitrogens is 1. The molecule has 0 spiro atoms. The van der Waals surface area contributed by atoms with Crippen LogP contribution in [-0.4, -0.2) is 76.0 Å². The van der Waals surface area contributed by atoms with E-state index in [0.29, 0.717) is 29.1 Å². The number of aromatic nitrogens is 2. The first-order valence-electron chi connectivity index (χ1n) is 11.2. The van der Waals surface area contributed by atoms with Crippen LogP contribution < -0.4 is 5.56 Å². The number of aromatic amines is 1. The summed E-state index contributed by atoms with van der Waals surface area (Å²) in [5.74, 6) is 0.715. The topological polar surface area (TPSA) is 68.6 Å². The van der Waals surface area contributed by atoms with Crippen LogP contribution in [0.4, 0.5) is 0 Å². The number of piperazine rings is 1. The van der Waals surface area contributed by atoms with Gasteiger partial charge in [0, 0.05) is 56.7 Å². The Labute approximate surface area is 176 Å². The fourth-order valence-electron chi connectivity index (χ4n) is 5.05. The predicted molar refractivity (Wildman–Crippen MR) is 119 cm³/mol. The molecular formula is C23H31N5O2. The highest BCUT2D eigenvalue weighted by atomic mass is 16.3. The van der Waals surface area contributed by atoms with Crippen molar-refractivity contribution < 1.29 is 4.42 Å². The van der Waals surface area contributed by atoms with Crippen molar-refractivity contribution in [2.45, 2.75) is 45.3 Å². The van der Waals surface area contributed by atoms with E-state index in [1.165, 1.54) is 19.4 Å². The number of hydrogen-bond donors (Lipinski definition) is 1. The van der Waals surface area contributed by atoms with E-state index in [1.54, 1.807) is 0 Å². The van der Waals surface area contributed by atoms with E-state index in [9.17, 15) is 4.79 Å². The molecule has 0 amide bonds. The fraction of sp³-hybridized carbons (Fsp3) is 0.565. The third kappa shape index (κ3) is 3.77. The van der Waals surface area contributed by atoms with Crippen molar-refractivity contribution in [3.05, 3.63) is 40.4 Å². The summed E-state index contributed by atoms with van der Waals surface area (Å²) in [5.41, 5.74) is 1.49. The van der Waals surface area contributed by atoms with Gasteiger partial charge in [0.15, 0.2) is 0 Å². The summed E-state index contributed by atoms with van der Waals surface area (Å²) in [7, 11) is 0. The highest BCUT2D eigenvalue weighted by Gasteiger charge is 2.27. The third-order valence-electron chi connectivity index (χ3n) is 6.93. The Morgan fingerprint density at radius 1 is 1.03 bits per heavy atom. The van der Waals surface area contributed by atoms with Crippen molar-refractivity contribution in [1.29, 1.82) is 0 Å². The molecule has 2 aromatic heterocycles. The van der Waals surface area contributed by atoms with Gasteiger partial charge < -0.3 is 9.40 Å². The van der Waals surface area contributed by atoms with Crippen LogP contribution in [0.25, 0.3) is 22.1 Å². The number of rotatable bonds is 5. The maximum absolute atomic E-state index is 12.5. The van der Waals surface area contributed by atoms with Gasteiger partial charge in [-0.05, 0) is 38.8 Å². The Morgan fingerprint density at radius 2 is 1.73 bits per heavy atom. The summed E-state index contributed by atoms with van der Waals surface area (Å²) in [4.78, 5) is 27.8. The molecule has 30 heavy (non-hydrogen) atoms. The van der Waals surface area contributed by atoms with Crippen LogP contribution in [-0.2, 0) is 6.54 Å². The molecule has 3 aromatic rings. The van der Waals surface area contributed by atoms with Crippen LogP contribution in [0, 0.1) is 0 Å². The van der Waals surface area contributed by atoms with Gasteiger partial charge in [0.1, 0.15) is 16.9 Å². The van der Waals surface area contributed by atoms with Crippen molar-refractivity contribution in [2.24, 2.45) is 0 Å². The minimum absolute atomic E-state index is 0.196. The first kappa shape index (κ1) is 19.7. The van der Waals surface area contributed by atoms with Crippen molar-refractivity contribution in [1.82, 2.24) is 24.7 Å². The van der Waals surface area contributed by atoms with Gasteiger partial charge in [-0.25, -0.2) is 4.98 Å². The Kier molecular flexibility index (Phi) is 5.35. The molecule has 4 heterocycles. The summed E-state index contributed by atoms with van der Waals surface area (Å²) in [6.07, 6.45) is 2.66. The summed E-state index contributed by atoms with van der Waals surface area (Å²) >= 11 is 0. The Hall–Kier alpha value is -2.22. The minimum Gasteiger partial charge on any atom is -0.449 e. The van der Waals surface area contributed by atoms with E-state index >= 15 is 0 Å². The zero-order valence-electron chi connectivity index (χ0n) is 17.9. The molecule has 0 bridgehead atoms. The van der Waals surface area contributed by atoms with Gasteiger partial charge in [0.2, 0.25) is 5.58 Å². The maximum atomic E-state index is 12.5. The molecule has 2 aliphatic rings. The number of para-hydroxylation sites is 1. The molecule has 1 N–H and O–H groups in total. The molecule has 7 nitrogen and oxygen atoms in total. The zero-order chi connectivity index (χ0) is 20.7. The first-order chi connectivity index (χ1) is 14.6. The van der Waals surface area contributed by atoms with Crippen LogP contribution in [0.1, 0.15) is 32.5 Å². The van der Waals surface area contributed by atoms with E-state index < -0.39 is 0 Å². The molecular weight excluding hydrogens is 378 g/mol. The van der Waals surface area contributed by atoms with E-state index in [0.717, 1.165) is 50.2 Å². The van der Waals surface area contributed by atoms with E-state index in [2.05, 4.69) is 33.5 Å². The summed E-state index contributed by atoms with van der Waals surface area (Å²) in [6, 6.07) is 9.13. The van der Waals surface area contributed by atoms with Crippen molar-refractivity contribution in [3.8, 4) is 0 Å². The van der Waals surface area contributed by atoms with Gasteiger partial charge in [-0.2, -0.15) is 0 Å². The highest BCUT2D eigenvalue weighted by Crippen LogP contribution is 2.25. The standard InChI is InChI=1S/C23H31N5O2/c1-16-7-8-17(2)28(16)14-13-26-9-11-27(12-10-26)15-20-24-21-18-5-3-4-6-19(18)30-22(21)23(29)25-20/h3-6,16-17H,7-15H2,1-2H3,(H,24,25,29). The second-order valence-corrected chi connectivity index (χ2v) is 8.92. The largest absolute Gasteiger partial charge is 0.449 e. The molecule has 0 radical (unpaired) electrons. The number of benzene rings is 1. The number of furan rings is 1. The van der Waals surface area contributed by atoms with Crippen molar-refractivity contribution in [2.75, 3.05) is 39.3 Å². The summed E-state index contributed by atoms with van der Waals surface area (Å²) in [5, 5.41) is 0.898. The summed E-state index contributed by atoms with van der Waals surface area (Å²) < 4.78 is 5.70. The SMILES string of the molecule is CC1CCC(C)N1CCN1CCN(Cc2nc3c(oc4ccccc43)c(=O)[nH]2)CC1. The molecule has 7 heteroatoms. The molecule has 1 aromatic carbocycles. The van der Waals surface area contributed by atoms with Crippen molar-refractivity contribution >= 4 is 22.1 Å². The number of nitrogens with zero attached hydrogens (tertiary/aromatic N) is 4. The molecule has 160 valence electrons. The van der Waals surface area contributed by atoms with Gasteiger partial charge in [0.25, 0.3) is 5.56 Å². The number of nitrogens with one attached hydrogen (secondary N) is 1. The van der Waals surface area contributed by atoms with Crippen LogP contribution in [0.2, 0.25) is 0 Å². The minimum atomic E-state index is -0.196. The molecule has 0 aliphatic carbocycles. The second-order valence-electron chi connectivity index (χ2n) is 8.92. The van der Waals surface area contributed by atoms with E-state index in [4.69, 9.17) is 9.40 Å². The van der Waals surface area contributed by atoms with E-state index in [1.807, 2.05) is 24.3 Å². The monoisotopic (exact) mass is 409 g/mol. The van der Waals surface area contributed by atoms with Gasteiger partial charge >= 0.3 is 0 Å². The molecule has 2 unspecified atom stereocenters. The number of fused-ring (bicyclic) bond motifs is 3. The average molecular weight is 410 g/mol. The molecule has 5 rings (SSSR count). The number of likely N-dealkylation sites (tertiary alicyclic amines) is 1. The Balaban J connectivity index is 1.21. The van der Waals surface area contributed by atoms with Crippen LogP contribution in [0.15, 0.2) is 33.5 Å².